The summed E-state index contributed by atoms with van der Waals surface area (Å²) < 4.78 is 22.5. The molecule has 1 fully saturated rings. The van der Waals surface area contributed by atoms with Crippen LogP contribution in [0.15, 0.2) is 30.3 Å². The highest BCUT2D eigenvalue weighted by atomic mass is 16.7. The number of hydrogen-bond acceptors (Lipinski definition) is 7. The van der Waals surface area contributed by atoms with Gasteiger partial charge in [-0.15, -0.1) is 0 Å². The van der Waals surface area contributed by atoms with Crippen molar-refractivity contribution in [2.75, 3.05) is 19.8 Å². The number of likely N-dealkylation sites (tertiary alicyclic amines) is 1. The van der Waals surface area contributed by atoms with Gasteiger partial charge in [-0.25, -0.2) is 9.59 Å². The molecule has 34 heavy (non-hydrogen) atoms. The van der Waals surface area contributed by atoms with E-state index < -0.39 is 41.4 Å². The van der Waals surface area contributed by atoms with E-state index in [0.29, 0.717) is 19.4 Å². The van der Waals surface area contributed by atoms with Crippen molar-refractivity contribution >= 4 is 18.0 Å². The van der Waals surface area contributed by atoms with Gasteiger partial charge in [-0.3, -0.25) is 9.69 Å². The van der Waals surface area contributed by atoms with Crippen LogP contribution in [0.4, 0.5) is 4.79 Å². The van der Waals surface area contributed by atoms with Gasteiger partial charge in [0.25, 0.3) is 0 Å². The summed E-state index contributed by atoms with van der Waals surface area (Å²) in [4.78, 5) is 40.5. The standard InChI is InChI=1S/C25H38N2O7/c1-7-32-25(6,33-8-2)20(22(29)34-24(3,4)5)26-21(28)19-15-12-16-27(19)23(30)31-17-18-13-10-9-11-14-18/h9-11,13-14,19-20H,7-8,12,15-17H2,1-6H3,(H,26,28)/t19?,20-/m1/s1. The first-order chi connectivity index (χ1) is 16.0. The molecule has 1 saturated heterocycles. The van der Waals surface area contributed by atoms with Crippen molar-refractivity contribution in [2.45, 2.75) is 84.5 Å². The van der Waals surface area contributed by atoms with Crippen molar-refractivity contribution in [1.29, 1.82) is 0 Å². The fraction of sp³-hybridized carbons (Fsp3) is 0.640. The maximum atomic E-state index is 13.3. The summed E-state index contributed by atoms with van der Waals surface area (Å²) in [6.45, 7) is 11.4. The zero-order chi connectivity index (χ0) is 25.4. The molecule has 0 bridgehead atoms. The normalized spacial score (nSPS) is 17.2. The van der Waals surface area contributed by atoms with Gasteiger partial charge in [0, 0.05) is 19.8 Å². The Balaban J connectivity index is 2.16. The van der Waals surface area contributed by atoms with Crippen molar-refractivity contribution in [3.05, 3.63) is 35.9 Å². The molecule has 0 spiro atoms. The second-order valence-electron chi connectivity index (χ2n) is 9.25. The molecule has 1 N–H and O–H groups in total. The topological polar surface area (TPSA) is 103 Å². The third-order valence-electron chi connectivity index (χ3n) is 5.31. The van der Waals surface area contributed by atoms with Gasteiger partial charge in [0.15, 0.2) is 11.8 Å². The van der Waals surface area contributed by atoms with E-state index in [-0.39, 0.29) is 19.8 Å². The van der Waals surface area contributed by atoms with E-state index >= 15 is 0 Å². The highest BCUT2D eigenvalue weighted by molar-refractivity contribution is 5.90. The van der Waals surface area contributed by atoms with Gasteiger partial charge >= 0.3 is 12.1 Å². The molecule has 1 unspecified atom stereocenters. The number of ether oxygens (including phenoxy) is 4. The Morgan fingerprint density at radius 2 is 1.68 bits per heavy atom. The van der Waals surface area contributed by atoms with Gasteiger partial charge in [-0.05, 0) is 59.9 Å². The number of carbonyl (C=O) groups is 3. The lowest BCUT2D eigenvalue weighted by molar-refractivity contribution is -0.243. The van der Waals surface area contributed by atoms with Gasteiger partial charge in [0.2, 0.25) is 5.91 Å². The monoisotopic (exact) mass is 478 g/mol. The first kappa shape index (κ1) is 27.6. The van der Waals surface area contributed by atoms with Crippen LogP contribution in [0.3, 0.4) is 0 Å². The molecule has 2 rings (SSSR count). The number of benzene rings is 1. The number of nitrogens with one attached hydrogen (secondary N) is 1. The molecular formula is C25H38N2O7. The molecule has 1 aromatic rings. The summed E-state index contributed by atoms with van der Waals surface area (Å²) >= 11 is 0. The van der Waals surface area contributed by atoms with Gasteiger partial charge in [0.1, 0.15) is 18.2 Å². The van der Waals surface area contributed by atoms with Crippen LogP contribution < -0.4 is 5.32 Å². The molecule has 0 aromatic heterocycles. The molecule has 190 valence electrons. The Bertz CT molecular complexity index is 816. The van der Waals surface area contributed by atoms with Gasteiger partial charge in [-0.2, -0.15) is 0 Å². The van der Waals surface area contributed by atoms with Crippen molar-refractivity contribution in [1.82, 2.24) is 10.2 Å². The molecular weight excluding hydrogens is 440 g/mol. The highest BCUT2D eigenvalue weighted by Gasteiger charge is 2.46. The Morgan fingerprint density at radius 3 is 2.24 bits per heavy atom. The van der Waals surface area contributed by atoms with E-state index in [9.17, 15) is 14.4 Å². The summed E-state index contributed by atoms with van der Waals surface area (Å²) in [7, 11) is 0. The Hall–Kier alpha value is -2.65. The molecule has 1 aliphatic rings. The summed E-state index contributed by atoms with van der Waals surface area (Å²) in [5.41, 5.74) is 0.0743. The summed E-state index contributed by atoms with van der Waals surface area (Å²) in [6.07, 6.45) is 0.518. The number of rotatable bonds is 10. The van der Waals surface area contributed by atoms with Crippen LogP contribution in [0.2, 0.25) is 0 Å². The highest BCUT2D eigenvalue weighted by Crippen LogP contribution is 2.24. The molecule has 0 aliphatic carbocycles. The van der Waals surface area contributed by atoms with Crippen LogP contribution in [0, 0.1) is 0 Å². The van der Waals surface area contributed by atoms with Gasteiger partial charge in [-0.1, -0.05) is 30.3 Å². The van der Waals surface area contributed by atoms with E-state index in [1.54, 1.807) is 41.5 Å². The Morgan fingerprint density at radius 1 is 1.06 bits per heavy atom. The molecule has 1 aromatic carbocycles. The average molecular weight is 479 g/mol. The van der Waals surface area contributed by atoms with E-state index in [2.05, 4.69) is 5.32 Å². The fourth-order valence-electron chi connectivity index (χ4n) is 3.84. The quantitative estimate of drug-likeness (QED) is 0.406. The zero-order valence-corrected chi connectivity index (χ0v) is 21.1. The predicted molar refractivity (Wildman–Crippen MR) is 126 cm³/mol. The molecule has 9 heteroatoms. The van der Waals surface area contributed by atoms with Gasteiger partial charge in [0.05, 0.1) is 0 Å². The second kappa shape index (κ2) is 12.2. The lowest BCUT2D eigenvalue weighted by Crippen LogP contribution is -2.62. The lowest BCUT2D eigenvalue weighted by atomic mass is 10.1. The summed E-state index contributed by atoms with van der Waals surface area (Å²) in [5.74, 6) is -2.62. The zero-order valence-electron chi connectivity index (χ0n) is 21.1. The Kier molecular flexibility index (Phi) is 9.88. The van der Waals surface area contributed by atoms with Crippen molar-refractivity contribution in [3.63, 3.8) is 0 Å². The first-order valence-electron chi connectivity index (χ1n) is 11.8. The number of esters is 1. The molecule has 0 radical (unpaired) electrons. The molecule has 1 aliphatic heterocycles. The number of nitrogens with zero attached hydrogens (tertiary/aromatic N) is 1. The van der Waals surface area contributed by atoms with E-state index in [0.717, 1.165) is 5.56 Å². The van der Waals surface area contributed by atoms with Crippen LogP contribution >= 0.6 is 0 Å². The first-order valence-corrected chi connectivity index (χ1v) is 11.8. The van der Waals surface area contributed by atoms with Crippen LogP contribution in [0.1, 0.15) is 59.9 Å². The average Bonchev–Trinajstić information content (AvgIpc) is 3.25. The smallest absolute Gasteiger partial charge is 0.410 e. The Labute approximate surface area is 202 Å². The van der Waals surface area contributed by atoms with E-state index in [4.69, 9.17) is 18.9 Å². The van der Waals surface area contributed by atoms with Crippen molar-refractivity contribution in [3.8, 4) is 0 Å². The van der Waals surface area contributed by atoms with E-state index in [1.165, 1.54) is 4.90 Å². The SMILES string of the molecule is CCOC(C)(OCC)[C@H](NC(=O)C1CCCN1C(=O)OCc1ccccc1)C(=O)OC(C)(C)C. The molecule has 2 amide bonds. The van der Waals surface area contributed by atoms with Crippen molar-refractivity contribution < 1.29 is 33.3 Å². The summed E-state index contributed by atoms with van der Waals surface area (Å²) in [5, 5.41) is 2.74. The number of carbonyl (C=O) groups excluding carboxylic acids is 3. The number of amides is 2. The van der Waals surface area contributed by atoms with Crippen molar-refractivity contribution in [2.24, 2.45) is 0 Å². The maximum absolute atomic E-state index is 13.3. The molecule has 9 nitrogen and oxygen atoms in total. The van der Waals surface area contributed by atoms with E-state index in [1.807, 2.05) is 30.3 Å². The fourth-order valence-corrected chi connectivity index (χ4v) is 3.84. The minimum Gasteiger partial charge on any atom is -0.458 e. The van der Waals surface area contributed by atoms with Crippen LogP contribution in [0.5, 0.6) is 0 Å². The maximum Gasteiger partial charge on any atom is 0.410 e. The predicted octanol–water partition coefficient (Wildman–Crippen LogP) is 3.40. The third-order valence-corrected chi connectivity index (χ3v) is 5.31. The van der Waals surface area contributed by atoms with Crippen LogP contribution in [-0.2, 0) is 35.1 Å². The molecule has 0 saturated carbocycles. The minimum absolute atomic E-state index is 0.109. The minimum atomic E-state index is -1.45. The largest absolute Gasteiger partial charge is 0.458 e. The van der Waals surface area contributed by atoms with Gasteiger partial charge < -0.3 is 24.3 Å². The summed E-state index contributed by atoms with van der Waals surface area (Å²) in [6, 6.07) is 7.30. The van der Waals surface area contributed by atoms with Crippen LogP contribution in [-0.4, -0.2) is 66.1 Å². The lowest BCUT2D eigenvalue weighted by Gasteiger charge is -2.37. The molecule has 1 heterocycles. The third kappa shape index (κ3) is 7.70. The number of hydrogen-bond donors (Lipinski definition) is 1. The second-order valence-corrected chi connectivity index (χ2v) is 9.25. The van der Waals surface area contributed by atoms with Crippen LogP contribution in [0.25, 0.3) is 0 Å². The molecule has 2 atom stereocenters.